The van der Waals surface area contributed by atoms with Crippen molar-refractivity contribution in [2.24, 2.45) is 7.05 Å². The van der Waals surface area contributed by atoms with E-state index in [9.17, 15) is 9.18 Å². The lowest BCUT2D eigenvalue weighted by atomic mass is 10.1. The van der Waals surface area contributed by atoms with E-state index >= 15 is 0 Å². The number of benzene rings is 1. The Morgan fingerprint density at radius 2 is 2.04 bits per heavy atom. The van der Waals surface area contributed by atoms with Crippen LogP contribution in [0.25, 0.3) is 0 Å². The van der Waals surface area contributed by atoms with Crippen LogP contribution in [0.2, 0.25) is 0 Å². The molecule has 0 aliphatic heterocycles. The maximum atomic E-state index is 13.6. The Morgan fingerprint density at radius 1 is 1.22 bits per heavy atom. The highest BCUT2D eigenvalue weighted by Crippen LogP contribution is 2.13. The molecule has 23 heavy (non-hydrogen) atoms. The molecular weight excluding hydrogens is 295 g/mol. The molecule has 116 valence electrons. The predicted molar refractivity (Wildman–Crippen MR) is 84.6 cm³/mol. The van der Waals surface area contributed by atoms with Gasteiger partial charge in [0.1, 0.15) is 11.6 Å². The van der Waals surface area contributed by atoms with Crippen molar-refractivity contribution < 1.29 is 9.18 Å². The Kier molecular flexibility index (Phi) is 4.14. The number of amides is 1. The molecule has 0 unspecified atom stereocenters. The minimum absolute atomic E-state index is 0.257. The molecule has 1 N–H and O–H groups in total. The molecule has 3 aromatic rings. The van der Waals surface area contributed by atoms with Gasteiger partial charge in [0.2, 0.25) is 0 Å². The van der Waals surface area contributed by atoms with Crippen molar-refractivity contribution in [2.75, 3.05) is 5.32 Å². The topological polar surface area (TPSA) is 59.8 Å². The van der Waals surface area contributed by atoms with Gasteiger partial charge in [-0.25, -0.2) is 4.39 Å². The van der Waals surface area contributed by atoms with E-state index in [4.69, 9.17) is 0 Å². The zero-order valence-electron chi connectivity index (χ0n) is 12.5. The van der Waals surface area contributed by atoms with Crippen molar-refractivity contribution in [1.82, 2.24) is 14.8 Å². The van der Waals surface area contributed by atoms with Gasteiger partial charge < -0.3 is 5.32 Å². The highest BCUT2D eigenvalue weighted by molar-refractivity contribution is 6.03. The molecule has 2 heterocycles. The minimum Gasteiger partial charge on any atom is -0.307 e. The standard InChI is InChI=1S/C17H15FN4O/c1-22-16(8-9-20-22)21-17(23)13-6-7-14(19-11-13)10-12-4-2-3-5-15(12)18/h2-9,11H,10H2,1H3,(H,21,23). The van der Waals surface area contributed by atoms with Crippen LogP contribution in [0.3, 0.4) is 0 Å². The third kappa shape index (κ3) is 3.42. The molecule has 6 heteroatoms. The van der Waals surface area contributed by atoms with E-state index in [1.165, 1.54) is 12.3 Å². The number of carbonyl (C=O) groups excluding carboxylic acids is 1. The average molecular weight is 310 g/mol. The number of halogens is 1. The molecule has 0 fully saturated rings. The van der Waals surface area contributed by atoms with Crippen LogP contribution in [0.1, 0.15) is 21.6 Å². The molecule has 5 nitrogen and oxygen atoms in total. The van der Waals surface area contributed by atoms with Crippen LogP contribution in [0.4, 0.5) is 10.2 Å². The Bertz CT molecular complexity index is 827. The second-order valence-electron chi connectivity index (χ2n) is 5.10. The number of hydrogen-bond acceptors (Lipinski definition) is 3. The van der Waals surface area contributed by atoms with Crippen molar-refractivity contribution in [2.45, 2.75) is 6.42 Å². The smallest absolute Gasteiger partial charge is 0.258 e. The van der Waals surface area contributed by atoms with Gasteiger partial charge in [-0.15, -0.1) is 0 Å². The average Bonchev–Trinajstić information content (AvgIpc) is 2.95. The number of pyridine rings is 1. The first-order valence-corrected chi connectivity index (χ1v) is 7.11. The summed E-state index contributed by atoms with van der Waals surface area (Å²) in [5.41, 5.74) is 1.71. The number of nitrogens with one attached hydrogen (secondary N) is 1. The van der Waals surface area contributed by atoms with Gasteiger partial charge in [0, 0.05) is 31.4 Å². The Labute approximate surface area is 132 Å². The maximum absolute atomic E-state index is 13.6. The lowest BCUT2D eigenvalue weighted by molar-refractivity contribution is 0.102. The summed E-state index contributed by atoms with van der Waals surface area (Å²) in [7, 11) is 1.74. The van der Waals surface area contributed by atoms with Crippen LogP contribution in [-0.4, -0.2) is 20.7 Å². The van der Waals surface area contributed by atoms with Crippen LogP contribution in [0.5, 0.6) is 0 Å². The van der Waals surface area contributed by atoms with E-state index in [1.54, 1.807) is 54.3 Å². The van der Waals surface area contributed by atoms with Gasteiger partial charge >= 0.3 is 0 Å². The third-order valence-corrected chi connectivity index (χ3v) is 3.48. The number of anilines is 1. The first-order valence-electron chi connectivity index (χ1n) is 7.11. The molecule has 0 bridgehead atoms. The summed E-state index contributed by atoms with van der Waals surface area (Å²) < 4.78 is 15.2. The Balaban J connectivity index is 1.71. The number of carbonyl (C=O) groups is 1. The van der Waals surface area contributed by atoms with Crippen molar-refractivity contribution in [3.8, 4) is 0 Å². The monoisotopic (exact) mass is 310 g/mol. The summed E-state index contributed by atoms with van der Waals surface area (Å²) in [6, 6.07) is 11.7. The molecule has 0 radical (unpaired) electrons. The molecule has 0 aliphatic rings. The summed E-state index contributed by atoms with van der Waals surface area (Å²) in [6.45, 7) is 0. The minimum atomic E-state index is -0.265. The molecule has 0 saturated carbocycles. The van der Waals surface area contributed by atoms with Gasteiger partial charge in [0.05, 0.1) is 11.8 Å². The molecule has 2 aromatic heterocycles. The van der Waals surface area contributed by atoms with E-state index in [1.807, 2.05) is 0 Å². The summed E-state index contributed by atoms with van der Waals surface area (Å²) >= 11 is 0. The first-order chi connectivity index (χ1) is 11.1. The summed E-state index contributed by atoms with van der Waals surface area (Å²) in [5, 5.41) is 6.73. The predicted octanol–water partition coefficient (Wildman–Crippen LogP) is 2.80. The second-order valence-corrected chi connectivity index (χ2v) is 5.10. The summed E-state index contributed by atoms with van der Waals surface area (Å²) in [6.07, 6.45) is 3.48. The molecule has 0 aliphatic carbocycles. The number of nitrogens with zero attached hydrogens (tertiary/aromatic N) is 3. The Morgan fingerprint density at radius 3 is 2.70 bits per heavy atom. The van der Waals surface area contributed by atoms with Gasteiger partial charge in [-0.1, -0.05) is 18.2 Å². The third-order valence-electron chi connectivity index (χ3n) is 3.48. The molecule has 1 amide bonds. The van der Waals surface area contributed by atoms with Crippen LogP contribution >= 0.6 is 0 Å². The highest BCUT2D eigenvalue weighted by Gasteiger charge is 2.09. The number of hydrogen-bond donors (Lipinski definition) is 1. The highest BCUT2D eigenvalue weighted by atomic mass is 19.1. The second kappa shape index (κ2) is 6.39. The number of aryl methyl sites for hydroxylation is 1. The van der Waals surface area contributed by atoms with Crippen molar-refractivity contribution in [1.29, 1.82) is 0 Å². The molecular formula is C17H15FN4O. The van der Waals surface area contributed by atoms with Gasteiger partial charge in [0.15, 0.2) is 0 Å². The van der Waals surface area contributed by atoms with Crippen molar-refractivity contribution in [3.05, 3.63) is 77.5 Å². The lowest BCUT2D eigenvalue weighted by Crippen LogP contribution is -2.15. The molecule has 0 atom stereocenters. The van der Waals surface area contributed by atoms with E-state index in [2.05, 4.69) is 15.4 Å². The summed E-state index contributed by atoms with van der Waals surface area (Å²) in [4.78, 5) is 16.4. The number of aromatic nitrogens is 3. The van der Waals surface area contributed by atoms with Gasteiger partial charge in [0.25, 0.3) is 5.91 Å². The fraction of sp³-hybridized carbons (Fsp3) is 0.118. The normalized spacial score (nSPS) is 10.5. The van der Waals surface area contributed by atoms with Gasteiger partial charge in [-0.05, 0) is 23.8 Å². The van der Waals surface area contributed by atoms with E-state index in [-0.39, 0.29) is 11.7 Å². The van der Waals surface area contributed by atoms with Gasteiger partial charge in [-0.2, -0.15) is 5.10 Å². The van der Waals surface area contributed by atoms with Crippen LogP contribution in [0, 0.1) is 5.82 Å². The van der Waals surface area contributed by atoms with E-state index < -0.39 is 0 Å². The van der Waals surface area contributed by atoms with E-state index in [0.717, 1.165) is 0 Å². The lowest BCUT2D eigenvalue weighted by Gasteiger charge is -2.06. The van der Waals surface area contributed by atoms with Crippen LogP contribution in [0.15, 0.2) is 54.9 Å². The fourth-order valence-corrected chi connectivity index (χ4v) is 2.19. The van der Waals surface area contributed by atoms with E-state index in [0.29, 0.717) is 29.1 Å². The Hall–Kier alpha value is -3.02. The fourth-order valence-electron chi connectivity index (χ4n) is 2.19. The maximum Gasteiger partial charge on any atom is 0.258 e. The van der Waals surface area contributed by atoms with Crippen molar-refractivity contribution >= 4 is 11.7 Å². The SMILES string of the molecule is Cn1nccc1NC(=O)c1ccc(Cc2ccccc2F)nc1. The van der Waals surface area contributed by atoms with Crippen LogP contribution in [-0.2, 0) is 13.5 Å². The molecule has 0 saturated heterocycles. The van der Waals surface area contributed by atoms with Crippen LogP contribution < -0.4 is 5.32 Å². The molecule has 1 aromatic carbocycles. The number of rotatable bonds is 4. The molecule has 0 spiro atoms. The zero-order valence-corrected chi connectivity index (χ0v) is 12.5. The zero-order chi connectivity index (χ0) is 16.2. The quantitative estimate of drug-likeness (QED) is 0.806. The van der Waals surface area contributed by atoms with Crippen molar-refractivity contribution in [3.63, 3.8) is 0 Å². The van der Waals surface area contributed by atoms with Gasteiger partial charge in [-0.3, -0.25) is 14.5 Å². The largest absolute Gasteiger partial charge is 0.307 e. The molecule has 3 rings (SSSR count). The summed E-state index contributed by atoms with van der Waals surface area (Å²) in [5.74, 6) is 0.0799. The first kappa shape index (κ1) is 14.9.